The first-order valence-electron chi connectivity index (χ1n) is 11.0. The van der Waals surface area contributed by atoms with Crippen LogP contribution in [-0.4, -0.2) is 82.9 Å². The Bertz CT molecular complexity index is 1160. The van der Waals surface area contributed by atoms with Gasteiger partial charge in [0.25, 0.3) is 0 Å². The topological polar surface area (TPSA) is 97.5 Å². The number of anilines is 2. The Labute approximate surface area is 208 Å². The van der Waals surface area contributed by atoms with E-state index in [0.29, 0.717) is 40.3 Å². The van der Waals surface area contributed by atoms with Crippen LogP contribution < -0.4 is 10.2 Å². The van der Waals surface area contributed by atoms with Crippen molar-refractivity contribution in [1.82, 2.24) is 24.8 Å². The van der Waals surface area contributed by atoms with Gasteiger partial charge in [0.1, 0.15) is 17.8 Å². The number of likely N-dealkylation sites (tertiary alicyclic amines) is 1. The Hall–Kier alpha value is -3.04. The number of hydrogen-bond donors (Lipinski definition) is 2. The summed E-state index contributed by atoms with van der Waals surface area (Å²) < 4.78 is 0. The summed E-state index contributed by atoms with van der Waals surface area (Å²) in [6.45, 7) is 1.44. The van der Waals surface area contributed by atoms with Gasteiger partial charge in [-0.05, 0) is 37.1 Å². The number of aromatic amines is 1. The number of halogens is 2. The lowest BCUT2D eigenvalue weighted by Crippen LogP contribution is -2.53. The average Bonchev–Trinajstić information content (AvgIpc) is 3.29. The minimum Gasteiger partial charge on any atom is -0.376 e. The van der Waals surface area contributed by atoms with Gasteiger partial charge in [0.15, 0.2) is 0 Å². The molecule has 1 aromatic carbocycles. The van der Waals surface area contributed by atoms with E-state index in [9.17, 15) is 9.59 Å². The number of H-pyrrole nitrogens is 1. The summed E-state index contributed by atoms with van der Waals surface area (Å²) in [5.41, 5.74) is 1.40. The molecule has 1 aliphatic rings. The van der Waals surface area contributed by atoms with E-state index >= 15 is 0 Å². The highest BCUT2D eigenvalue weighted by molar-refractivity contribution is 6.35. The van der Waals surface area contributed by atoms with Gasteiger partial charge < -0.3 is 25.0 Å². The summed E-state index contributed by atoms with van der Waals surface area (Å²) in [4.78, 5) is 43.0. The molecule has 0 spiro atoms. The second kappa shape index (κ2) is 10.5. The van der Waals surface area contributed by atoms with Crippen LogP contribution in [0.4, 0.5) is 11.5 Å². The molecule has 0 saturated carbocycles. The molecule has 9 nitrogen and oxygen atoms in total. The van der Waals surface area contributed by atoms with Gasteiger partial charge in [-0.3, -0.25) is 9.59 Å². The molecular weight excluding hydrogens is 477 g/mol. The van der Waals surface area contributed by atoms with E-state index in [2.05, 4.69) is 20.3 Å². The van der Waals surface area contributed by atoms with Crippen molar-refractivity contribution in [3.63, 3.8) is 0 Å². The normalized spacial score (nSPS) is 15.9. The molecule has 0 unspecified atom stereocenters. The maximum Gasteiger partial charge on any atom is 0.241 e. The van der Waals surface area contributed by atoms with Crippen molar-refractivity contribution >= 4 is 57.6 Å². The fraction of sp³-hybridized carbons (Fsp3) is 0.391. The minimum atomic E-state index is -0.0600. The first-order chi connectivity index (χ1) is 16.3. The van der Waals surface area contributed by atoms with Gasteiger partial charge in [0.05, 0.1) is 18.5 Å². The Kier molecular flexibility index (Phi) is 7.43. The van der Waals surface area contributed by atoms with E-state index in [1.807, 2.05) is 15.9 Å². The Morgan fingerprint density at radius 1 is 1.21 bits per heavy atom. The zero-order valence-electron chi connectivity index (χ0n) is 19.1. The lowest BCUT2D eigenvalue weighted by molar-refractivity contribution is -0.130. The number of amides is 2. The highest BCUT2D eigenvalue weighted by atomic mass is 35.5. The van der Waals surface area contributed by atoms with Gasteiger partial charge in [-0.25, -0.2) is 9.97 Å². The van der Waals surface area contributed by atoms with Gasteiger partial charge in [0, 0.05) is 55.2 Å². The van der Waals surface area contributed by atoms with Gasteiger partial charge in [-0.2, -0.15) is 0 Å². The minimum absolute atomic E-state index is 0.0332. The summed E-state index contributed by atoms with van der Waals surface area (Å²) in [7, 11) is 3.47. The average molecular weight is 504 g/mol. The second-order valence-corrected chi connectivity index (χ2v) is 9.37. The van der Waals surface area contributed by atoms with E-state index in [1.54, 1.807) is 43.4 Å². The van der Waals surface area contributed by atoms with Crippen LogP contribution in [0.3, 0.4) is 0 Å². The van der Waals surface area contributed by atoms with Gasteiger partial charge in [-0.15, -0.1) is 0 Å². The Morgan fingerprint density at radius 3 is 2.71 bits per heavy atom. The lowest BCUT2D eigenvalue weighted by Gasteiger charge is -2.40. The molecule has 1 atom stereocenters. The third kappa shape index (κ3) is 5.53. The predicted octanol–water partition coefficient (Wildman–Crippen LogP) is 3.26. The number of rotatable bonds is 7. The number of nitrogens with zero attached hydrogens (tertiary/aromatic N) is 5. The highest BCUT2D eigenvalue weighted by Gasteiger charge is 2.31. The molecule has 1 aliphatic heterocycles. The van der Waals surface area contributed by atoms with Crippen molar-refractivity contribution in [2.24, 2.45) is 0 Å². The zero-order chi connectivity index (χ0) is 24.2. The fourth-order valence-corrected chi connectivity index (χ4v) is 4.66. The molecule has 0 radical (unpaired) electrons. The standard InChI is InChI=1S/C23H27Cl2N7O2/c1-30(2)21(34)13-32(23-19-5-6-26-22(19)28-14-29-23)18-4-3-7-31(12-18)20(33)11-27-17-9-15(24)8-16(25)10-17/h5-6,8-10,14,18,27H,3-4,7,11-13H2,1-2H3,(H,26,28,29)/t18-/m1/s1. The van der Waals surface area contributed by atoms with Crippen molar-refractivity contribution in [3.8, 4) is 0 Å². The summed E-state index contributed by atoms with van der Waals surface area (Å²) in [5, 5.41) is 4.96. The summed E-state index contributed by atoms with van der Waals surface area (Å²) in [6.07, 6.45) is 4.97. The molecule has 34 heavy (non-hydrogen) atoms. The number of fused-ring (bicyclic) bond motifs is 1. The summed E-state index contributed by atoms with van der Waals surface area (Å²) in [6, 6.07) is 6.94. The number of carbonyl (C=O) groups excluding carboxylic acids is 2. The molecule has 4 rings (SSSR count). The van der Waals surface area contributed by atoms with Crippen LogP contribution in [-0.2, 0) is 9.59 Å². The molecule has 11 heteroatoms. The molecule has 3 heterocycles. The maximum atomic E-state index is 13.0. The van der Waals surface area contributed by atoms with Gasteiger partial charge >= 0.3 is 0 Å². The lowest BCUT2D eigenvalue weighted by atomic mass is 10.0. The molecule has 180 valence electrons. The smallest absolute Gasteiger partial charge is 0.241 e. The van der Waals surface area contributed by atoms with E-state index < -0.39 is 0 Å². The maximum absolute atomic E-state index is 13.0. The number of benzene rings is 1. The molecule has 2 N–H and O–H groups in total. The molecule has 0 aliphatic carbocycles. The van der Waals surface area contributed by atoms with E-state index in [0.717, 1.165) is 18.2 Å². The van der Waals surface area contributed by atoms with Gasteiger partial charge in [0.2, 0.25) is 11.8 Å². The van der Waals surface area contributed by atoms with E-state index in [-0.39, 0.29) is 30.9 Å². The number of nitrogens with one attached hydrogen (secondary N) is 2. The SMILES string of the molecule is CN(C)C(=O)CN(c1ncnc2[nH]ccc12)[C@@H]1CCCN(C(=O)CNc2cc(Cl)cc(Cl)c2)C1. The molecule has 0 bridgehead atoms. The van der Waals surface area contributed by atoms with Crippen LogP contribution in [0, 0.1) is 0 Å². The molecule has 2 aromatic heterocycles. The second-order valence-electron chi connectivity index (χ2n) is 8.50. The largest absolute Gasteiger partial charge is 0.376 e. The molecular formula is C23H27Cl2N7O2. The van der Waals surface area contributed by atoms with Crippen molar-refractivity contribution in [3.05, 3.63) is 46.8 Å². The van der Waals surface area contributed by atoms with Crippen LogP contribution in [0.15, 0.2) is 36.8 Å². The molecule has 1 saturated heterocycles. The first-order valence-corrected chi connectivity index (χ1v) is 11.8. The van der Waals surface area contributed by atoms with Crippen molar-refractivity contribution in [2.75, 3.05) is 50.5 Å². The van der Waals surface area contributed by atoms with E-state index in [1.165, 1.54) is 6.33 Å². The number of aromatic nitrogens is 3. The molecule has 1 fully saturated rings. The van der Waals surface area contributed by atoms with Crippen molar-refractivity contribution < 1.29 is 9.59 Å². The van der Waals surface area contributed by atoms with Crippen molar-refractivity contribution in [1.29, 1.82) is 0 Å². The number of carbonyl (C=O) groups is 2. The van der Waals surface area contributed by atoms with Crippen molar-refractivity contribution in [2.45, 2.75) is 18.9 Å². The number of likely N-dealkylation sites (N-methyl/N-ethyl adjacent to an activating group) is 1. The monoisotopic (exact) mass is 503 g/mol. The van der Waals surface area contributed by atoms with Crippen LogP contribution in [0.5, 0.6) is 0 Å². The number of hydrogen-bond acceptors (Lipinski definition) is 6. The Balaban J connectivity index is 1.51. The molecule has 2 amide bonds. The fourth-order valence-electron chi connectivity index (χ4n) is 4.13. The van der Waals surface area contributed by atoms with Crippen LogP contribution in [0.2, 0.25) is 10.0 Å². The van der Waals surface area contributed by atoms with Gasteiger partial charge in [-0.1, -0.05) is 23.2 Å². The first kappa shape index (κ1) is 24.1. The van der Waals surface area contributed by atoms with Crippen LogP contribution in [0.25, 0.3) is 11.0 Å². The van der Waals surface area contributed by atoms with Crippen LogP contribution in [0.1, 0.15) is 12.8 Å². The Morgan fingerprint density at radius 2 is 1.97 bits per heavy atom. The number of piperidine rings is 1. The third-order valence-electron chi connectivity index (χ3n) is 5.91. The quantitative estimate of drug-likeness (QED) is 0.513. The third-order valence-corrected chi connectivity index (χ3v) is 6.34. The predicted molar refractivity (Wildman–Crippen MR) is 134 cm³/mol. The highest BCUT2D eigenvalue weighted by Crippen LogP contribution is 2.27. The molecule has 3 aromatic rings. The van der Waals surface area contributed by atoms with E-state index in [4.69, 9.17) is 23.2 Å². The summed E-state index contributed by atoms with van der Waals surface area (Å²) >= 11 is 12.1. The summed E-state index contributed by atoms with van der Waals surface area (Å²) in [5.74, 6) is 0.617. The zero-order valence-corrected chi connectivity index (χ0v) is 20.6. The van der Waals surface area contributed by atoms with Crippen LogP contribution >= 0.6 is 23.2 Å².